The van der Waals surface area contributed by atoms with Gasteiger partial charge in [-0.15, -0.1) is 0 Å². The van der Waals surface area contributed by atoms with Gasteiger partial charge in [-0.1, -0.05) is 28.1 Å². The Morgan fingerprint density at radius 3 is 2.26 bits per heavy atom. The van der Waals surface area contributed by atoms with Crippen molar-refractivity contribution in [1.82, 2.24) is 15.0 Å². The minimum Gasteiger partial charge on any atom is -0.334 e. The van der Waals surface area contributed by atoms with Crippen LogP contribution >= 0.6 is 15.9 Å². The van der Waals surface area contributed by atoms with Crippen molar-refractivity contribution in [2.24, 2.45) is 12.9 Å². The van der Waals surface area contributed by atoms with E-state index in [1.54, 1.807) is 0 Å². The summed E-state index contributed by atoms with van der Waals surface area (Å²) in [5.41, 5.74) is 7.49. The zero-order chi connectivity index (χ0) is 14.2. The fraction of sp³-hybridized carbons (Fsp3) is 0.357. The summed E-state index contributed by atoms with van der Waals surface area (Å²) in [7, 11) is 2.00. The van der Waals surface area contributed by atoms with Gasteiger partial charge in [0, 0.05) is 11.5 Å². The van der Waals surface area contributed by atoms with Gasteiger partial charge >= 0.3 is 0 Å². The standard InChI is InChI=1S/C14H19BrN4/c1-8-5-11(6-9(2)13(8)15)14(18-16)12-7-17-10(3)19(12)4/h5-7,14,18H,16H2,1-4H3. The summed E-state index contributed by atoms with van der Waals surface area (Å²) in [5, 5.41) is 0. The Kier molecular flexibility index (Phi) is 4.08. The maximum atomic E-state index is 5.75. The lowest BCUT2D eigenvalue weighted by molar-refractivity contribution is 0.593. The average Bonchev–Trinajstić information content (AvgIpc) is 2.69. The number of benzene rings is 1. The molecule has 0 saturated heterocycles. The van der Waals surface area contributed by atoms with Crippen molar-refractivity contribution < 1.29 is 0 Å². The molecule has 0 bridgehead atoms. The molecule has 0 aliphatic heterocycles. The first-order valence-electron chi connectivity index (χ1n) is 6.16. The van der Waals surface area contributed by atoms with Gasteiger partial charge in [0.05, 0.1) is 17.9 Å². The molecule has 1 aromatic carbocycles. The monoisotopic (exact) mass is 322 g/mol. The Balaban J connectivity index is 2.51. The van der Waals surface area contributed by atoms with E-state index in [0.717, 1.165) is 21.6 Å². The van der Waals surface area contributed by atoms with Gasteiger partial charge in [-0.2, -0.15) is 0 Å². The Morgan fingerprint density at radius 2 is 1.84 bits per heavy atom. The highest BCUT2D eigenvalue weighted by atomic mass is 79.9. The molecular formula is C14H19BrN4. The number of nitrogens with one attached hydrogen (secondary N) is 1. The number of hydrogen-bond donors (Lipinski definition) is 2. The third-order valence-electron chi connectivity index (χ3n) is 3.51. The predicted octanol–water partition coefficient (Wildman–Crippen LogP) is 2.66. The summed E-state index contributed by atoms with van der Waals surface area (Å²) in [6, 6.07) is 4.23. The van der Waals surface area contributed by atoms with E-state index in [-0.39, 0.29) is 6.04 Å². The average molecular weight is 323 g/mol. The van der Waals surface area contributed by atoms with E-state index in [1.807, 2.05) is 20.2 Å². The van der Waals surface area contributed by atoms with Crippen molar-refractivity contribution in [1.29, 1.82) is 0 Å². The number of hydrazine groups is 1. The second kappa shape index (κ2) is 5.45. The third kappa shape index (κ3) is 2.59. The number of halogens is 1. The van der Waals surface area contributed by atoms with Gasteiger partial charge in [0.2, 0.25) is 0 Å². The van der Waals surface area contributed by atoms with Crippen LogP contribution in [0.5, 0.6) is 0 Å². The quantitative estimate of drug-likeness (QED) is 0.674. The summed E-state index contributed by atoms with van der Waals surface area (Å²) >= 11 is 3.59. The van der Waals surface area contributed by atoms with E-state index in [0.29, 0.717) is 0 Å². The second-order valence-electron chi connectivity index (χ2n) is 4.86. The van der Waals surface area contributed by atoms with Crippen LogP contribution in [0.3, 0.4) is 0 Å². The number of nitrogens with two attached hydrogens (primary N) is 1. The van der Waals surface area contributed by atoms with Gasteiger partial charge in [0.15, 0.2) is 0 Å². The molecule has 4 nitrogen and oxygen atoms in total. The smallest absolute Gasteiger partial charge is 0.105 e. The molecule has 0 aliphatic rings. The molecule has 0 amide bonds. The maximum absolute atomic E-state index is 5.75. The fourth-order valence-corrected chi connectivity index (χ4v) is 2.52. The highest BCUT2D eigenvalue weighted by molar-refractivity contribution is 9.10. The van der Waals surface area contributed by atoms with E-state index in [4.69, 9.17) is 5.84 Å². The van der Waals surface area contributed by atoms with Gasteiger partial charge in [-0.05, 0) is 37.5 Å². The normalized spacial score (nSPS) is 12.7. The van der Waals surface area contributed by atoms with Gasteiger partial charge in [-0.3, -0.25) is 5.84 Å². The summed E-state index contributed by atoms with van der Waals surface area (Å²) in [6.45, 7) is 6.15. The lowest BCUT2D eigenvalue weighted by Gasteiger charge is -2.19. The molecule has 0 saturated carbocycles. The highest BCUT2D eigenvalue weighted by Gasteiger charge is 2.18. The van der Waals surface area contributed by atoms with E-state index in [9.17, 15) is 0 Å². The first-order valence-corrected chi connectivity index (χ1v) is 6.96. The number of hydrogen-bond acceptors (Lipinski definition) is 3. The number of aromatic nitrogens is 2. The number of imidazole rings is 1. The van der Waals surface area contributed by atoms with E-state index in [1.165, 1.54) is 11.1 Å². The van der Waals surface area contributed by atoms with Crippen molar-refractivity contribution in [3.8, 4) is 0 Å². The molecule has 5 heteroatoms. The molecular weight excluding hydrogens is 304 g/mol. The van der Waals surface area contributed by atoms with Crippen LogP contribution in [-0.4, -0.2) is 9.55 Å². The van der Waals surface area contributed by atoms with Crippen LogP contribution < -0.4 is 11.3 Å². The fourth-order valence-electron chi connectivity index (χ4n) is 2.29. The molecule has 102 valence electrons. The summed E-state index contributed by atoms with van der Waals surface area (Å²) in [5.74, 6) is 6.72. The molecule has 0 radical (unpaired) electrons. The van der Waals surface area contributed by atoms with Gasteiger partial charge < -0.3 is 4.57 Å². The van der Waals surface area contributed by atoms with Gasteiger partial charge in [0.25, 0.3) is 0 Å². The van der Waals surface area contributed by atoms with E-state index >= 15 is 0 Å². The molecule has 1 atom stereocenters. The largest absolute Gasteiger partial charge is 0.334 e. The Morgan fingerprint density at radius 1 is 1.26 bits per heavy atom. The SMILES string of the molecule is Cc1cc(C(NN)c2cnc(C)n2C)cc(C)c1Br. The molecule has 1 unspecified atom stereocenters. The first kappa shape index (κ1) is 14.2. The lowest BCUT2D eigenvalue weighted by Crippen LogP contribution is -2.30. The van der Waals surface area contributed by atoms with E-state index in [2.05, 4.69) is 56.9 Å². The van der Waals surface area contributed by atoms with Crippen molar-refractivity contribution in [2.75, 3.05) is 0 Å². The van der Waals surface area contributed by atoms with Crippen molar-refractivity contribution >= 4 is 15.9 Å². The Bertz CT molecular complexity index is 580. The topological polar surface area (TPSA) is 55.9 Å². The van der Waals surface area contributed by atoms with Crippen LogP contribution in [0.15, 0.2) is 22.8 Å². The summed E-state index contributed by atoms with van der Waals surface area (Å²) in [6.07, 6.45) is 1.87. The molecule has 0 aliphatic carbocycles. The summed E-state index contributed by atoms with van der Waals surface area (Å²) in [4.78, 5) is 4.33. The van der Waals surface area contributed by atoms with E-state index < -0.39 is 0 Å². The lowest BCUT2D eigenvalue weighted by atomic mass is 10.00. The molecule has 2 aromatic rings. The van der Waals surface area contributed by atoms with Crippen molar-refractivity contribution in [2.45, 2.75) is 26.8 Å². The first-order chi connectivity index (χ1) is 8.95. The molecule has 1 heterocycles. The van der Waals surface area contributed by atoms with Crippen molar-refractivity contribution in [3.05, 3.63) is 51.0 Å². The number of rotatable bonds is 3. The molecule has 0 spiro atoms. The Labute approximate surface area is 122 Å². The van der Waals surface area contributed by atoms with Crippen LogP contribution in [0.4, 0.5) is 0 Å². The predicted molar refractivity (Wildman–Crippen MR) is 80.7 cm³/mol. The number of aryl methyl sites for hydroxylation is 3. The maximum Gasteiger partial charge on any atom is 0.105 e. The third-order valence-corrected chi connectivity index (χ3v) is 4.76. The van der Waals surface area contributed by atoms with Crippen molar-refractivity contribution in [3.63, 3.8) is 0 Å². The number of nitrogens with zero attached hydrogens (tertiary/aromatic N) is 2. The minimum absolute atomic E-state index is 0.0586. The van der Waals surface area contributed by atoms with Gasteiger partial charge in [-0.25, -0.2) is 10.4 Å². The molecule has 0 fully saturated rings. The summed E-state index contributed by atoms with van der Waals surface area (Å²) < 4.78 is 3.20. The Hall–Kier alpha value is -1.17. The van der Waals surface area contributed by atoms with Crippen LogP contribution in [-0.2, 0) is 7.05 Å². The molecule has 2 rings (SSSR count). The second-order valence-corrected chi connectivity index (χ2v) is 5.65. The zero-order valence-corrected chi connectivity index (χ0v) is 13.2. The zero-order valence-electron chi connectivity index (χ0n) is 11.7. The molecule has 1 aromatic heterocycles. The van der Waals surface area contributed by atoms with Crippen LogP contribution in [0.1, 0.15) is 34.3 Å². The minimum atomic E-state index is -0.0586. The highest BCUT2D eigenvalue weighted by Crippen LogP contribution is 2.28. The van der Waals surface area contributed by atoms with Crippen LogP contribution in [0.2, 0.25) is 0 Å². The molecule has 3 N–H and O–H groups in total. The molecule has 19 heavy (non-hydrogen) atoms. The van der Waals surface area contributed by atoms with Crippen LogP contribution in [0, 0.1) is 20.8 Å². The van der Waals surface area contributed by atoms with Crippen LogP contribution in [0.25, 0.3) is 0 Å². The van der Waals surface area contributed by atoms with Gasteiger partial charge in [0.1, 0.15) is 5.82 Å².